The third-order valence-electron chi connectivity index (χ3n) is 4.52. The van der Waals surface area contributed by atoms with E-state index in [1.54, 1.807) is 12.1 Å². The molecule has 0 atom stereocenters. The number of ether oxygens (including phenoxy) is 2. The lowest BCUT2D eigenvalue weighted by Crippen LogP contribution is -2.38. The van der Waals surface area contributed by atoms with E-state index in [0.29, 0.717) is 20.6 Å². The van der Waals surface area contributed by atoms with Crippen LogP contribution in [-0.2, 0) is 14.4 Å². The van der Waals surface area contributed by atoms with Crippen LogP contribution in [0.25, 0.3) is 0 Å². The molecule has 3 N–H and O–H groups in total. The van der Waals surface area contributed by atoms with Crippen molar-refractivity contribution < 1.29 is 23.9 Å². The quantitative estimate of drug-likeness (QED) is 0.202. The zero-order valence-corrected chi connectivity index (χ0v) is 19.8. The van der Waals surface area contributed by atoms with E-state index in [2.05, 4.69) is 43.8 Å². The van der Waals surface area contributed by atoms with Gasteiger partial charge in [0, 0.05) is 11.7 Å². The molecule has 1 saturated carbocycles. The number of rotatable bonds is 8. The predicted molar refractivity (Wildman–Crippen MR) is 128 cm³/mol. The zero-order chi connectivity index (χ0) is 23.1. The minimum absolute atomic E-state index is 0.0920. The van der Waals surface area contributed by atoms with Gasteiger partial charge in [-0.05, 0) is 71.7 Å². The highest BCUT2D eigenvalue weighted by Crippen LogP contribution is 2.33. The number of anilines is 1. The van der Waals surface area contributed by atoms with E-state index in [1.807, 2.05) is 31.2 Å². The van der Waals surface area contributed by atoms with Gasteiger partial charge in [-0.2, -0.15) is 5.10 Å². The fraction of sp³-hybridized carbons (Fsp3) is 0.273. The maximum absolute atomic E-state index is 12.3. The summed E-state index contributed by atoms with van der Waals surface area (Å²) in [5, 5.41) is 9.21. The monoisotopic (exact) mass is 550 g/mol. The number of carbonyl (C=O) groups excluding carboxylic acids is 3. The molecule has 1 aliphatic rings. The topological polar surface area (TPSA) is 118 Å². The van der Waals surface area contributed by atoms with Gasteiger partial charge in [0.05, 0.1) is 16.9 Å². The summed E-state index contributed by atoms with van der Waals surface area (Å²) >= 11 is 2.06. The molecule has 2 aromatic rings. The van der Waals surface area contributed by atoms with Crippen molar-refractivity contribution in [1.82, 2.24) is 10.7 Å². The Morgan fingerprint density at radius 1 is 1.19 bits per heavy atom. The van der Waals surface area contributed by atoms with Crippen LogP contribution in [0.4, 0.5) is 5.69 Å². The molecular weight excluding hydrogens is 527 g/mol. The molecule has 0 heterocycles. The van der Waals surface area contributed by atoms with Crippen LogP contribution in [0.1, 0.15) is 24.0 Å². The average molecular weight is 550 g/mol. The third-order valence-corrected chi connectivity index (χ3v) is 5.32. The molecule has 0 unspecified atom stereocenters. The number of hydrazone groups is 1. The van der Waals surface area contributed by atoms with Crippen LogP contribution in [0.15, 0.2) is 41.5 Å². The van der Waals surface area contributed by atoms with Crippen LogP contribution < -0.4 is 25.5 Å². The Morgan fingerprint density at radius 2 is 1.94 bits per heavy atom. The van der Waals surface area contributed by atoms with Crippen molar-refractivity contribution in [1.29, 1.82) is 0 Å². The molecule has 1 fully saturated rings. The van der Waals surface area contributed by atoms with Gasteiger partial charge in [0.1, 0.15) is 0 Å². The van der Waals surface area contributed by atoms with Gasteiger partial charge >= 0.3 is 11.8 Å². The highest BCUT2D eigenvalue weighted by atomic mass is 127. The van der Waals surface area contributed by atoms with Gasteiger partial charge < -0.3 is 20.1 Å². The first-order valence-corrected chi connectivity index (χ1v) is 10.9. The summed E-state index contributed by atoms with van der Waals surface area (Å²) < 4.78 is 11.8. The highest BCUT2D eigenvalue weighted by Gasteiger charge is 2.26. The van der Waals surface area contributed by atoms with Crippen molar-refractivity contribution in [3.05, 3.63) is 51.1 Å². The van der Waals surface area contributed by atoms with Crippen molar-refractivity contribution in [2.24, 2.45) is 5.10 Å². The lowest BCUT2D eigenvalue weighted by atomic mass is 10.2. The molecule has 0 spiro atoms. The molecule has 1 aliphatic carbocycles. The van der Waals surface area contributed by atoms with Crippen LogP contribution in [0.3, 0.4) is 0 Å². The summed E-state index contributed by atoms with van der Waals surface area (Å²) in [7, 11) is 1.48. The lowest BCUT2D eigenvalue weighted by molar-refractivity contribution is -0.139. The number of carbonyl (C=O) groups is 3. The minimum atomic E-state index is -0.825. The third kappa shape index (κ3) is 6.67. The first-order valence-electron chi connectivity index (χ1n) is 9.87. The van der Waals surface area contributed by atoms with Crippen molar-refractivity contribution in [2.45, 2.75) is 25.8 Å². The normalized spacial score (nSPS) is 12.8. The zero-order valence-electron chi connectivity index (χ0n) is 17.6. The second-order valence-electron chi connectivity index (χ2n) is 7.13. The molecule has 0 bridgehead atoms. The number of amides is 3. The maximum Gasteiger partial charge on any atom is 0.329 e. The Balaban J connectivity index is 1.59. The minimum Gasteiger partial charge on any atom is -0.493 e. The second kappa shape index (κ2) is 10.9. The molecule has 0 aromatic heterocycles. The molecule has 0 radical (unpaired) electrons. The van der Waals surface area contributed by atoms with Crippen LogP contribution in [0.5, 0.6) is 11.5 Å². The molecule has 168 valence electrons. The summed E-state index contributed by atoms with van der Waals surface area (Å²) in [6.45, 7) is 1.71. The molecule has 10 heteroatoms. The van der Waals surface area contributed by atoms with E-state index >= 15 is 0 Å². The number of benzene rings is 2. The van der Waals surface area contributed by atoms with Crippen molar-refractivity contribution in [2.75, 3.05) is 19.0 Å². The number of hydrogen-bond donors (Lipinski definition) is 3. The highest BCUT2D eigenvalue weighted by molar-refractivity contribution is 14.1. The van der Waals surface area contributed by atoms with E-state index < -0.39 is 11.8 Å². The number of methoxy groups -OCH3 is 1. The van der Waals surface area contributed by atoms with E-state index in [1.165, 1.54) is 13.3 Å². The molecule has 0 aliphatic heterocycles. The van der Waals surface area contributed by atoms with Gasteiger partial charge in [-0.1, -0.05) is 18.2 Å². The number of para-hydroxylation sites is 1. The second-order valence-corrected chi connectivity index (χ2v) is 8.29. The predicted octanol–water partition coefficient (Wildman–Crippen LogP) is 2.35. The molecule has 3 amide bonds. The summed E-state index contributed by atoms with van der Waals surface area (Å²) in [5.74, 6) is -1.01. The number of nitrogens with one attached hydrogen (secondary N) is 3. The first-order chi connectivity index (χ1) is 15.4. The molecule has 32 heavy (non-hydrogen) atoms. The summed E-state index contributed by atoms with van der Waals surface area (Å²) in [4.78, 5) is 35.6. The Labute approximate surface area is 199 Å². The Bertz CT molecular complexity index is 1050. The Morgan fingerprint density at radius 3 is 2.62 bits per heavy atom. The van der Waals surface area contributed by atoms with Crippen LogP contribution in [0.2, 0.25) is 0 Å². The molecule has 2 aromatic carbocycles. The molecular formula is C22H23IN4O5. The summed E-state index contributed by atoms with van der Waals surface area (Å²) in [5.41, 5.74) is 4.49. The van der Waals surface area contributed by atoms with Crippen LogP contribution in [0, 0.1) is 10.5 Å². The summed E-state index contributed by atoms with van der Waals surface area (Å²) in [6.07, 6.45) is 3.17. The van der Waals surface area contributed by atoms with E-state index in [-0.39, 0.29) is 18.6 Å². The van der Waals surface area contributed by atoms with Crippen molar-refractivity contribution >= 4 is 52.2 Å². The van der Waals surface area contributed by atoms with E-state index in [9.17, 15) is 14.4 Å². The van der Waals surface area contributed by atoms with Gasteiger partial charge in [0.25, 0.3) is 5.91 Å². The van der Waals surface area contributed by atoms with Gasteiger partial charge in [0.2, 0.25) is 0 Å². The molecule has 0 saturated heterocycles. The number of halogens is 1. The molecule has 9 nitrogen and oxygen atoms in total. The SMILES string of the molecule is COc1cc(/C=N\NC(=O)C(=O)NC2CC2)cc(I)c1OCC(=O)Nc1ccccc1C. The van der Waals surface area contributed by atoms with Crippen LogP contribution in [-0.4, -0.2) is 43.7 Å². The van der Waals surface area contributed by atoms with Crippen molar-refractivity contribution in [3.8, 4) is 11.5 Å². The standard InChI is InChI=1S/C22H23IN4O5/c1-13-5-3-4-6-17(13)26-19(28)12-32-20-16(23)9-14(10-18(20)31-2)11-24-27-22(30)21(29)25-15-7-8-15/h3-6,9-11,15H,7-8,12H2,1-2H3,(H,25,29)(H,26,28)(H,27,30)/b24-11-. The van der Waals surface area contributed by atoms with E-state index in [0.717, 1.165) is 24.1 Å². The van der Waals surface area contributed by atoms with Crippen molar-refractivity contribution in [3.63, 3.8) is 0 Å². The van der Waals surface area contributed by atoms with Gasteiger partial charge in [-0.15, -0.1) is 0 Å². The van der Waals surface area contributed by atoms with Crippen LogP contribution >= 0.6 is 22.6 Å². The van der Waals surface area contributed by atoms with Gasteiger partial charge in [0.15, 0.2) is 18.1 Å². The average Bonchev–Trinajstić information content (AvgIpc) is 3.58. The largest absolute Gasteiger partial charge is 0.493 e. The smallest absolute Gasteiger partial charge is 0.329 e. The van der Waals surface area contributed by atoms with E-state index in [4.69, 9.17) is 9.47 Å². The van der Waals surface area contributed by atoms with Gasteiger partial charge in [-0.25, -0.2) is 5.43 Å². The summed E-state index contributed by atoms with van der Waals surface area (Å²) in [6, 6.07) is 11.0. The Hall–Kier alpha value is -3.15. The number of nitrogens with zero attached hydrogens (tertiary/aromatic N) is 1. The number of hydrogen-bond acceptors (Lipinski definition) is 6. The fourth-order valence-corrected chi connectivity index (χ4v) is 3.47. The fourth-order valence-electron chi connectivity index (χ4n) is 2.69. The maximum atomic E-state index is 12.3. The first kappa shape index (κ1) is 23.5. The van der Waals surface area contributed by atoms with Gasteiger partial charge in [-0.3, -0.25) is 14.4 Å². The Kier molecular flexibility index (Phi) is 8.03. The molecule has 3 rings (SSSR count). The lowest BCUT2D eigenvalue weighted by Gasteiger charge is -2.14. The number of aryl methyl sites for hydroxylation is 1.